The zero-order valence-electron chi connectivity index (χ0n) is 18.2. The molecular formula is C23H23ClN6O4. The molecule has 5 atom stereocenters. The number of aromatic nitrogens is 4. The van der Waals surface area contributed by atoms with Crippen molar-refractivity contribution in [1.82, 2.24) is 24.8 Å². The van der Waals surface area contributed by atoms with Crippen LogP contribution in [-0.4, -0.2) is 66.6 Å². The quantitative estimate of drug-likeness (QED) is 0.260. The lowest BCUT2D eigenvalue weighted by Gasteiger charge is -2.23. The van der Waals surface area contributed by atoms with Gasteiger partial charge in [-0.3, -0.25) is 4.79 Å². The zero-order valence-corrected chi connectivity index (χ0v) is 19.0. The second-order valence-electron chi connectivity index (χ2n) is 8.54. The van der Waals surface area contributed by atoms with Gasteiger partial charge in [0.25, 0.3) is 0 Å². The van der Waals surface area contributed by atoms with Gasteiger partial charge in [-0.25, -0.2) is 4.98 Å². The molecule has 10 nitrogen and oxygen atoms in total. The first-order valence-corrected chi connectivity index (χ1v) is 11.2. The highest BCUT2D eigenvalue weighted by Gasteiger charge is 2.75. The van der Waals surface area contributed by atoms with Crippen LogP contribution in [0.3, 0.4) is 0 Å². The predicted molar refractivity (Wildman–Crippen MR) is 124 cm³/mol. The van der Waals surface area contributed by atoms with Crippen molar-refractivity contribution in [3.8, 4) is 11.8 Å². The number of fused-ring (bicyclic) bond motifs is 2. The van der Waals surface area contributed by atoms with Crippen LogP contribution in [0.2, 0.25) is 5.28 Å². The van der Waals surface area contributed by atoms with E-state index in [4.69, 9.17) is 16.7 Å². The summed E-state index contributed by atoms with van der Waals surface area (Å²) < 4.78 is 1.68. The summed E-state index contributed by atoms with van der Waals surface area (Å²) in [4.78, 5) is 25.5. The monoisotopic (exact) mass is 482 g/mol. The lowest BCUT2D eigenvalue weighted by atomic mass is 9.98. The summed E-state index contributed by atoms with van der Waals surface area (Å²) in [6, 6.07) is 6.98. The van der Waals surface area contributed by atoms with Crippen molar-refractivity contribution < 1.29 is 20.1 Å². The molecule has 2 aromatic heterocycles. The first-order chi connectivity index (χ1) is 16.4. The number of halogens is 1. The summed E-state index contributed by atoms with van der Waals surface area (Å²) in [5.74, 6) is 5.39. The van der Waals surface area contributed by atoms with E-state index in [0.717, 1.165) is 11.1 Å². The summed E-state index contributed by atoms with van der Waals surface area (Å²) in [5.41, 5.74) is 1.58. The maximum atomic E-state index is 12.4. The summed E-state index contributed by atoms with van der Waals surface area (Å²) in [7, 11) is 1.52. The second kappa shape index (κ2) is 8.52. The molecular weight excluding hydrogens is 460 g/mol. The highest BCUT2D eigenvalue weighted by atomic mass is 35.5. The number of benzene rings is 1. The summed E-state index contributed by atoms with van der Waals surface area (Å²) in [6.45, 7) is 0.206. The van der Waals surface area contributed by atoms with Gasteiger partial charge >= 0.3 is 0 Å². The Morgan fingerprint density at radius 2 is 2.18 bits per heavy atom. The zero-order chi connectivity index (χ0) is 24.0. The molecule has 0 aliphatic heterocycles. The Kier molecular flexibility index (Phi) is 5.65. The Morgan fingerprint density at radius 1 is 1.35 bits per heavy atom. The van der Waals surface area contributed by atoms with Crippen LogP contribution in [0.1, 0.15) is 23.6 Å². The lowest BCUT2D eigenvalue weighted by molar-refractivity contribution is -0.132. The van der Waals surface area contributed by atoms with Crippen LogP contribution in [0.5, 0.6) is 0 Å². The van der Waals surface area contributed by atoms with Gasteiger partial charge in [0, 0.05) is 25.1 Å². The number of hydrogen-bond acceptors (Lipinski definition) is 8. The molecule has 11 heteroatoms. The van der Waals surface area contributed by atoms with Gasteiger partial charge in [-0.05, 0) is 35.7 Å². The molecule has 176 valence electrons. The number of aliphatic hydroxyl groups is 3. The van der Waals surface area contributed by atoms with Crippen LogP contribution >= 0.6 is 11.6 Å². The summed E-state index contributed by atoms with van der Waals surface area (Å²) in [6.07, 6.45) is -0.336. The molecule has 2 heterocycles. The van der Waals surface area contributed by atoms with Gasteiger partial charge in [0.15, 0.2) is 17.0 Å². The van der Waals surface area contributed by atoms with Gasteiger partial charge < -0.3 is 30.5 Å². The molecule has 1 aromatic carbocycles. The van der Waals surface area contributed by atoms with E-state index >= 15 is 0 Å². The number of carbonyl (C=O) groups is 1. The van der Waals surface area contributed by atoms with Gasteiger partial charge in [0.05, 0.1) is 23.9 Å². The van der Waals surface area contributed by atoms with Crippen molar-refractivity contribution in [3.63, 3.8) is 0 Å². The maximum Gasteiger partial charge on any atom is 0.229 e. The van der Waals surface area contributed by atoms with E-state index in [9.17, 15) is 15.0 Å². The third-order valence-corrected chi connectivity index (χ3v) is 6.91. The van der Waals surface area contributed by atoms with Gasteiger partial charge in [0.1, 0.15) is 12.7 Å². The molecule has 0 spiro atoms. The SMILES string of the molecule is CNC(=O)[C@]12C[C@H]1[C@@H](n1cnc3c(NCc4cccc(C#CCO)c4)nc(Cl)nc31)[C@H](O)[C@@H]2O. The van der Waals surface area contributed by atoms with E-state index in [0.29, 0.717) is 29.9 Å². The van der Waals surface area contributed by atoms with E-state index in [1.807, 2.05) is 24.3 Å². The second-order valence-corrected chi connectivity index (χ2v) is 8.87. The van der Waals surface area contributed by atoms with Crippen molar-refractivity contribution in [2.75, 3.05) is 19.0 Å². The highest BCUT2D eigenvalue weighted by Crippen LogP contribution is 2.67. The Morgan fingerprint density at radius 3 is 2.94 bits per heavy atom. The van der Waals surface area contributed by atoms with Gasteiger partial charge in [-0.1, -0.05) is 24.0 Å². The fraction of sp³-hybridized carbons (Fsp3) is 0.391. The van der Waals surface area contributed by atoms with Crippen molar-refractivity contribution in [2.24, 2.45) is 11.3 Å². The maximum absolute atomic E-state index is 12.4. The topological polar surface area (TPSA) is 145 Å². The largest absolute Gasteiger partial charge is 0.389 e. The van der Waals surface area contributed by atoms with Crippen LogP contribution in [0.25, 0.3) is 11.2 Å². The first-order valence-electron chi connectivity index (χ1n) is 10.8. The molecule has 5 rings (SSSR count). The molecule has 1 amide bonds. The van der Waals surface area contributed by atoms with Crippen LogP contribution in [0.15, 0.2) is 30.6 Å². The van der Waals surface area contributed by atoms with Crippen molar-refractivity contribution in [2.45, 2.75) is 31.2 Å². The molecule has 5 N–H and O–H groups in total. The highest BCUT2D eigenvalue weighted by molar-refractivity contribution is 6.28. The first kappa shape index (κ1) is 22.6. The minimum Gasteiger partial charge on any atom is -0.389 e. The van der Waals surface area contributed by atoms with Crippen LogP contribution in [-0.2, 0) is 11.3 Å². The van der Waals surface area contributed by atoms with E-state index in [-0.39, 0.29) is 23.7 Å². The smallest absolute Gasteiger partial charge is 0.229 e. The molecule has 3 aromatic rings. The van der Waals surface area contributed by atoms with Crippen molar-refractivity contribution >= 4 is 34.5 Å². The van der Waals surface area contributed by atoms with Crippen LogP contribution < -0.4 is 10.6 Å². The molecule has 2 aliphatic rings. The van der Waals surface area contributed by atoms with Gasteiger partial charge in [-0.2, -0.15) is 9.97 Å². The van der Waals surface area contributed by atoms with E-state index in [2.05, 4.69) is 37.4 Å². The standard InChI is InChI=1S/C23H23ClN6O4/c1-25-21(34)23-9-14(23)16(17(32)18(23)33)30-11-27-15-19(28-22(24)29-20(15)30)26-10-13-5-2-4-12(8-13)6-3-7-31/h2,4-5,8,11,14,16-18,31-33H,7,9-10H2,1H3,(H,25,34)(H,26,28,29)/t14-,16+,17-,18-,23+/m0/s1. The number of amides is 1. The molecule has 0 bridgehead atoms. The molecule has 34 heavy (non-hydrogen) atoms. The Bertz CT molecular complexity index is 1330. The third kappa shape index (κ3) is 3.49. The third-order valence-electron chi connectivity index (χ3n) is 6.74. The number of hydrogen-bond donors (Lipinski definition) is 5. The number of nitrogens with zero attached hydrogens (tertiary/aromatic N) is 4. The Balaban J connectivity index is 1.44. The van der Waals surface area contributed by atoms with Crippen molar-refractivity contribution in [3.05, 3.63) is 47.0 Å². The average Bonchev–Trinajstić information content (AvgIpc) is 3.38. The fourth-order valence-corrected chi connectivity index (χ4v) is 5.27. The van der Waals surface area contributed by atoms with Gasteiger partial charge in [-0.15, -0.1) is 0 Å². The Hall–Kier alpha value is -3.23. The normalized spacial score (nSPS) is 27.1. The molecule has 0 unspecified atom stereocenters. The van der Waals surface area contributed by atoms with Crippen molar-refractivity contribution in [1.29, 1.82) is 0 Å². The van der Waals surface area contributed by atoms with Crippen LogP contribution in [0, 0.1) is 23.2 Å². The molecule has 2 saturated carbocycles. The molecule has 0 saturated heterocycles. The van der Waals surface area contributed by atoms with E-state index < -0.39 is 23.7 Å². The number of nitrogens with one attached hydrogen (secondary N) is 2. The predicted octanol–water partition coefficient (Wildman–Crippen LogP) is 0.464. The molecule has 2 fully saturated rings. The van der Waals surface area contributed by atoms with E-state index in [1.165, 1.54) is 13.4 Å². The number of imidazole rings is 1. The molecule has 0 radical (unpaired) electrons. The lowest BCUT2D eigenvalue weighted by Crippen LogP contribution is -2.41. The minimum absolute atomic E-state index is 0.000657. The number of carbonyl (C=O) groups excluding carboxylic acids is 1. The van der Waals surface area contributed by atoms with Crippen LogP contribution in [0.4, 0.5) is 5.82 Å². The summed E-state index contributed by atoms with van der Waals surface area (Å²) >= 11 is 6.21. The molecule has 2 aliphatic carbocycles. The fourth-order valence-electron chi connectivity index (χ4n) is 5.10. The number of rotatable bonds is 5. The van der Waals surface area contributed by atoms with E-state index in [1.54, 1.807) is 4.57 Å². The average molecular weight is 483 g/mol. The Labute approximate surface area is 200 Å². The minimum atomic E-state index is -1.18. The number of aliphatic hydroxyl groups excluding tert-OH is 3. The van der Waals surface area contributed by atoms with Gasteiger partial charge in [0.2, 0.25) is 11.2 Å². The summed E-state index contributed by atoms with van der Waals surface area (Å²) in [5, 5.41) is 36.1. The number of anilines is 1.